The minimum Gasteiger partial charge on any atom is -0.324 e. The molecule has 0 atom stereocenters. The fraction of sp³-hybridized carbons (Fsp3) is 0.0909. The van der Waals surface area contributed by atoms with Gasteiger partial charge in [0, 0.05) is 23.6 Å². The molecule has 1 N–H and O–H groups in total. The summed E-state index contributed by atoms with van der Waals surface area (Å²) in [6, 6.07) is 15.5. The molecule has 0 radical (unpaired) electrons. The van der Waals surface area contributed by atoms with Crippen molar-refractivity contribution < 1.29 is 18.0 Å². The Labute approximate surface area is 183 Å². The Kier molecular flexibility index (Phi) is 4.73. The number of aromatic nitrogens is 5. The van der Waals surface area contributed by atoms with Crippen molar-refractivity contribution in [2.24, 2.45) is 0 Å². The first-order valence-corrected chi connectivity index (χ1v) is 9.80. The van der Waals surface area contributed by atoms with Gasteiger partial charge in [-0.3, -0.25) is 4.79 Å². The topological polar surface area (TPSA) is 85.7 Å². The molecule has 166 valence electrons. The monoisotopic (exact) mass is 452 g/mol. The molecule has 2 aromatic carbocycles. The average Bonchev–Trinajstić information content (AvgIpc) is 3.36. The maximum Gasteiger partial charge on any atom is 0.416 e. The van der Waals surface area contributed by atoms with Crippen LogP contribution in [0.1, 0.15) is 5.56 Å². The fourth-order valence-electron chi connectivity index (χ4n) is 3.50. The largest absolute Gasteiger partial charge is 0.416 e. The number of carbonyl (C=O) groups excluding carboxylic acids is 1. The third kappa shape index (κ3) is 3.84. The van der Waals surface area contributed by atoms with Gasteiger partial charge in [-0.05, 0) is 24.3 Å². The molecule has 0 aliphatic heterocycles. The van der Waals surface area contributed by atoms with Gasteiger partial charge in [-0.1, -0.05) is 36.4 Å². The van der Waals surface area contributed by atoms with Crippen LogP contribution < -0.4 is 11.0 Å². The smallest absolute Gasteiger partial charge is 0.324 e. The number of alkyl halides is 3. The molecule has 0 aliphatic carbocycles. The molecule has 0 spiro atoms. The quantitative estimate of drug-likeness (QED) is 0.453. The number of nitrogens with one attached hydrogen (secondary N) is 1. The van der Waals surface area contributed by atoms with E-state index >= 15 is 0 Å². The third-order valence-electron chi connectivity index (χ3n) is 5.03. The van der Waals surface area contributed by atoms with E-state index in [2.05, 4.69) is 15.5 Å². The Morgan fingerprint density at radius 1 is 0.970 bits per heavy atom. The minimum atomic E-state index is -4.53. The van der Waals surface area contributed by atoms with Crippen LogP contribution in [0.2, 0.25) is 0 Å². The third-order valence-corrected chi connectivity index (χ3v) is 5.03. The van der Waals surface area contributed by atoms with Crippen LogP contribution in [0, 0.1) is 0 Å². The summed E-state index contributed by atoms with van der Waals surface area (Å²) < 4.78 is 42.5. The highest BCUT2D eigenvalue weighted by molar-refractivity contribution is 5.90. The molecule has 11 heteroatoms. The van der Waals surface area contributed by atoms with Gasteiger partial charge >= 0.3 is 11.9 Å². The summed E-state index contributed by atoms with van der Waals surface area (Å²) in [6.45, 7) is -0.470. The highest BCUT2D eigenvalue weighted by Crippen LogP contribution is 2.30. The molecule has 0 bridgehead atoms. The highest BCUT2D eigenvalue weighted by atomic mass is 19.4. The second kappa shape index (κ2) is 7.62. The van der Waals surface area contributed by atoms with Crippen LogP contribution in [-0.4, -0.2) is 29.7 Å². The molecular weight excluding hydrogens is 437 g/mol. The van der Waals surface area contributed by atoms with E-state index in [1.54, 1.807) is 16.8 Å². The number of benzene rings is 2. The number of amides is 1. The second-order valence-electron chi connectivity index (χ2n) is 7.28. The summed E-state index contributed by atoms with van der Waals surface area (Å²) in [4.78, 5) is 25.1. The number of halogens is 3. The van der Waals surface area contributed by atoms with Crippen molar-refractivity contribution in [2.45, 2.75) is 12.7 Å². The zero-order valence-corrected chi connectivity index (χ0v) is 16.8. The molecule has 0 aliphatic rings. The Morgan fingerprint density at radius 2 is 1.76 bits per heavy atom. The van der Waals surface area contributed by atoms with Crippen LogP contribution in [0.25, 0.3) is 22.4 Å². The number of anilines is 1. The zero-order chi connectivity index (χ0) is 23.2. The van der Waals surface area contributed by atoms with Gasteiger partial charge in [0.25, 0.3) is 0 Å². The summed E-state index contributed by atoms with van der Waals surface area (Å²) >= 11 is 0. The predicted molar refractivity (Wildman–Crippen MR) is 114 cm³/mol. The van der Waals surface area contributed by atoms with Crippen LogP contribution >= 0.6 is 0 Å². The van der Waals surface area contributed by atoms with Gasteiger partial charge in [-0.2, -0.15) is 18.3 Å². The van der Waals surface area contributed by atoms with Crippen LogP contribution in [0.5, 0.6) is 0 Å². The van der Waals surface area contributed by atoms with Gasteiger partial charge in [-0.15, -0.1) is 5.10 Å². The standard InChI is InChI=1S/C22H15F3N6O2/c23-22(24,25)15-7-4-8-16(11-15)26-19(32)13-31-21(33)29-9-10-30-18(20(29)28-31)12-17(27-30)14-5-2-1-3-6-14/h1-12H,13H2,(H,26,32). The normalized spacial score (nSPS) is 11.8. The number of fused-ring (bicyclic) bond motifs is 3. The van der Waals surface area contributed by atoms with Gasteiger partial charge < -0.3 is 5.32 Å². The minimum absolute atomic E-state index is 0.0303. The van der Waals surface area contributed by atoms with Crippen molar-refractivity contribution in [3.8, 4) is 11.3 Å². The van der Waals surface area contributed by atoms with Crippen LogP contribution in [-0.2, 0) is 17.5 Å². The zero-order valence-electron chi connectivity index (χ0n) is 16.8. The van der Waals surface area contributed by atoms with E-state index in [4.69, 9.17) is 0 Å². The molecule has 1 amide bonds. The van der Waals surface area contributed by atoms with Crippen molar-refractivity contribution in [3.63, 3.8) is 0 Å². The number of hydrogen-bond donors (Lipinski definition) is 1. The Bertz CT molecular complexity index is 1550. The molecule has 8 nitrogen and oxygen atoms in total. The number of carbonyl (C=O) groups is 1. The SMILES string of the molecule is O=C(Cn1nc2c3cc(-c4ccccc4)nn3ccn2c1=O)Nc1cccc(C(F)(F)F)c1. The van der Waals surface area contributed by atoms with Crippen LogP contribution in [0.15, 0.2) is 77.9 Å². The Balaban J connectivity index is 1.45. The average molecular weight is 452 g/mol. The van der Waals surface area contributed by atoms with Gasteiger partial charge in [0.2, 0.25) is 5.91 Å². The van der Waals surface area contributed by atoms with Crippen molar-refractivity contribution in [1.82, 2.24) is 23.8 Å². The molecule has 5 rings (SSSR count). The van der Waals surface area contributed by atoms with E-state index in [1.807, 2.05) is 30.3 Å². The molecule has 0 saturated carbocycles. The van der Waals surface area contributed by atoms with Crippen molar-refractivity contribution in [3.05, 3.63) is 89.1 Å². The van der Waals surface area contributed by atoms with Crippen molar-refractivity contribution >= 4 is 22.8 Å². The molecule has 33 heavy (non-hydrogen) atoms. The number of rotatable bonds is 4. The maximum atomic E-state index is 12.9. The van der Waals surface area contributed by atoms with Crippen molar-refractivity contribution in [2.75, 3.05) is 5.32 Å². The second-order valence-corrected chi connectivity index (χ2v) is 7.28. The predicted octanol–water partition coefficient (Wildman–Crippen LogP) is 3.47. The lowest BCUT2D eigenvalue weighted by atomic mass is 10.1. The van der Waals surface area contributed by atoms with E-state index in [-0.39, 0.29) is 5.69 Å². The summed E-state index contributed by atoms with van der Waals surface area (Å²) in [5, 5.41) is 11.1. The molecule has 0 unspecified atom stereocenters. The van der Waals surface area contributed by atoms with Crippen molar-refractivity contribution in [1.29, 1.82) is 0 Å². The Morgan fingerprint density at radius 3 is 2.52 bits per heavy atom. The van der Waals surface area contributed by atoms with Gasteiger partial charge in [-0.25, -0.2) is 18.4 Å². The molecule has 0 saturated heterocycles. The van der Waals surface area contributed by atoms with Gasteiger partial charge in [0.05, 0.1) is 11.3 Å². The summed E-state index contributed by atoms with van der Waals surface area (Å²) in [5.41, 5.74) is 0.957. The van der Waals surface area contributed by atoms with E-state index in [0.29, 0.717) is 16.9 Å². The van der Waals surface area contributed by atoms with Gasteiger partial charge in [0.1, 0.15) is 12.1 Å². The lowest BCUT2D eigenvalue weighted by Crippen LogP contribution is -2.28. The lowest BCUT2D eigenvalue weighted by Gasteiger charge is -2.09. The molecular formula is C22H15F3N6O2. The van der Waals surface area contributed by atoms with E-state index in [0.717, 1.165) is 22.4 Å². The number of hydrogen-bond acceptors (Lipinski definition) is 4. The lowest BCUT2D eigenvalue weighted by molar-refractivity contribution is -0.137. The van der Waals surface area contributed by atoms with E-state index in [1.165, 1.54) is 22.7 Å². The van der Waals surface area contributed by atoms with Crippen LogP contribution in [0.3, 0.4) is 0 Å². The summed E-state index contributed by atoms with van der Waals surface area (Å²) in [7, 11) is 0. The number of nitrogens with zero attached hydrogens (tertiary/aromatic N) is 5. The van der Waals surface area contributed by atoms with Crippen LogP contribution in [0.4, 0.5) is 18.9 Å². The summed E-state index contributed by atoms with van der Waals surface area (Å²) in [5.74, 6) is -0.686. The van der Waals surface area contributed by atoms with E-state index in [9.17, 15) is 22.8 Å². The molecule has 0 fully saturated rings. The summed E-state index contributed by atoms with van der Waals surface area (Å²) in [6.07, 6.45) is -1.44. The Hall–Kier alpha value is -4.41. The van der Waals surface area contributed by atoms with E-state index < -0.39 is 29.9 Å². The maximum absolute atomic E-state index is 12.9. The molecule has 3 aromatic heterocycles. The first kappa shape index (κ1) is 20.5. The molecule has 5 aromatic rings. The fourth-order valence-corrected chi connectivity index (χ4v) is 3.50. The van der Waals surface area contributed by atoms with Gasteiger partial charge in [0.15, 0.2) is 5.65 Å². The highest BCUT2D eigenvalue weighted by Gasteiger charge is 2.30. The molecule has 3 heterocycles. The first-order chi connectivity index (χ1) is 15.8. The first-order valence-electron chi connectivity index (χ1n) is 9.80.